The van der Waals surface area contributed by atoms with Crippen LogP contribution in [0.15, 0.2) is 72.8 Å². The lowest BCUT2D eigenvalue weighted by Crippen LogP contribution is -2.26. The Kier molecular flexibility index (Phi) is 6.39. The van der Waals surface area contributed by atoms with Crippen LogP contribution >= 0.6 is 0 Å². The molecule has 8 heteroatoms. The smallest absolute Gasteiger partial charge is 0.311 e. The first-order valence-corrected chi connectivity index (χ1v) is 8.92. The summed E-state index contributed by atoms with van der Waals surface area (Å²) in [6.45, 7) is 0. The van der Waals surface area contributed by atoms with Crippen LogP contribution in [0.3, 0.4) is 0 Å². The monoisotopic (exact) mass is 406 g/mol. The Morgan fingerprint density at radius 1 is 1.07 bits per heavy atom. The van der Waals surface area contributed by atoms with E-state index in [1.54, 1.807) is 54.6 Å². The number of aldehydes is 1. The van der Waals surface area contributed by atoms with Crippen molar-refractivity contribution >= 4 is 23.6 Å². The molecule has 0 aromatic heterocycles. The van der Waals surface area contributed by atoms with Gasteiger partial charge in [-0.2, -0.15) is 0 Å². The van der Waals surface area contributed by atoms with Gasteiger partial charge in [-0.1, -0.05) is 36.4 Å². The number of benzene rings is 3. The number of anilines is 1. The number of nitrogens with zero attached hydrogens (tertiary/aromatic N) is 1. The normalized spacial score (nSPS) is 11.2. The number of hydrogen-bond donors (Lipinski definition) is 1. The van der Waals surface area contributed by atoms with Crippen LogP contribution in [0.1, 0.15) is 22.0 Å². The SMILES string of the molecule is COc1cccc(NC(=O)[C@@H](Oc2ccc(C=O)cc2[N+](=O)[O-])c2ccccc2)c1. The molecule has 3 rings (SSSR count). The molecular weight excluding hydrogens is 388 g/mol. The molecule has 8 nitrogen and oxygen atoms in total. The van der Waals surface area contributed by atoms with Gasteiger partial charge in [0.1, 0.15) is 12.0 Å². The van der Waals surface area contributed by atoms with Crippen molar-refractivity contribution in [2.75, 3.05) is 12.4 Å². The number of amides is 1. The van der Waals surface area contributed by atoms with Gasteiger partial charge in [-0.05, 0) is 24.3 Å². The Labute approximate surface area is 172 Å². The molecule has 1 atom stereocenters. The van der Waals surface area contributed by atoms with Gasteiger partial charge in [0, 0.05) is 28.9 Å². The molecule has 0 aliphatic heterocycles. The highest BCUT2D eigenvalue weighted by atomic mass is 16.6. The molecule has 3 aromatic rings. The predicted octanol–water partition coefficient (Wildman–Crippen LogP) is 4.17. The van der Waals surface area contributed by atoms with Crippen molar-refractivity contribution in [1.29, 1.82) is 0 Å². The van der Waals surface area contributed by atoms with Crippen molar-refractivity contribution < 1.29 is 24.0 Å². The van der Waals surface area contributed by atoms with Crippen LogP contribution in [0.2, 0.25) is 0 Å². The van der Waals surface area contributed by atoms with Gasteiger partial charge < -0.3 is 14.8 Å². The highest BCUT2D eigenvalue weighted by Gasteiger charge is 2.27. The number of rotatable bonds is 8. The predicted molar refractivity (Wildman–Crippen MR) is 110 cm³/mol. The molecule has 0 aliphatic carbocycles. The van der Waals surface area contributed by atoms with Crippen molar-refractivity contribution in [3.8, 4) is 11.5 Å². The van der Waals surface area contributed by atoms with E-state index in [0.717, 1.165) is 6.07 Å². The van der Waals surface area contributed by atoms with E-state index >= 15 is 0 Å². The number of ether oxygens (including phenoxy) is 2. The second-order valence-electron chi connectivity index (χ2n) is 6.23. The number of nitro groups is 1. The van der Waals surface area contributed by atoms with Gasteiger partial charge in [0.15, 0.2) is 5.75 Å². The van der Waals surface area contributed by atoms with Crippen molar-refractivity contribution in [1.82, 2.24) is 0 Å². The summed E-state index contributed by atoms with van der Waals surface area (Å²) in [4.78, 5) is 34.8. The molecule has 1 amide bonds. The zero-order valence-corrected chi connectivity index (χ0v) is 16.0. The quantitative estimate of drug-likeness (QED) is 0.342. The maximum absolute atomic E-state index is 13.0. The Morgan fingerprint density at radius 2 is 1.83 bits per heavy atom. The Morgan fingerprint density at radius 3 is 2.50 bits per heavy atom. The van der Waals surface area contributed by atoms with E-state index in [-0.39, 0.29) is 11.3 Å². The average molecular weight is 406 g/mol. The Balaban J connectivity index is 1.95. The average Bonchev–Trinajstić information content (AvgIpc) is 2.78. The highest BCUT2D eigenvalue weighted by molar-refractivity contribution is 5.95. The number of carbonyl (C=O) groups excluding carboxylic acids is 2. The van der Waals surface area contributed by atoms with Crippen LogP contribution in [0.4, 0.5) is 11.4 Å². The fourth-order valence-corrected chi connectivity index (χ4v) is 2.79. The summed E-state index contributed by atoms with van der Waals surface area (Å²) >= 11 is 0. The second-order valence-corrected chi connectivity index (χ2v) is 6.23. The molecule has 152 valence electrons. The molecule has 1 N–H and O–H groups in total. The van der Waals surface area contributed by atoms with Crippen LogP contribution in [-0.4, -0.2) is 24.2 Å². The van der Waals surface area contributed by atoms with Crippen molar-refractivity contribution in [3.05, 3.63) is 94.0 Å². The molecule has 0 saturated heterocycles. The van der Waals surface area contributed by atoms with E-state index in [4.69, 9.17) is 9.47 Å². The van der Waals surface area contributed by atoms with Gasteiger partial charge in [-0.25, -0.2) is 0 Å². The van der Waals surface area contributed by atoms with Gasteiger partial charge in [-0.3, -0.25) is 19.7 Å². The van der Waals surface area contributed by atoms with Crippen LogP contribution in [0.25, 0.3) is 0 Å². The molecule has 0 spiro atoms. The topological polar surface area (TPSA) is 108 Å². The molecule has 0 fully saturated rings. The number of carbonyl (C=O) groups is 2. The molecule has 30 heavy (non-hydrogen) atoms. The van der Waals surface area contributed by atoms with Gasteiger partial charge in [0.25, 0.3) is 5.91 Å². The third kappa shape index (κ3) is 4.79. The molecule has 0 saturated carbocycles. The molecule has 0 bridgehead atoms. The fourth-order valence-electron chi connectivity index (χ4n) is 2.79. The molecule has 0 heterocycles. The van der Waals surface area contributed by atoms with Crippen LogP contribution in [-0.2, 0) is 4.79 Å². The number of hydrogen-bond acceptors (Lipinski definition) is 6. The minimum atomic E-state index is -1.17. The van der Waals surface area contributed by atoms with E-state index < -0.39 is 22.6 Å². The summed E-state index contributed by atoms with van der Waals surface area (Å²) in [6.07, 6.45) is -0.667. The first-order chi connectivity index (χ1) is 14.5. The van der Waals surface area contributed by atoms with Crippen molar-refractivity contribution in [2.45, 2.75) is 6.10 Å². The number of methoxy groups -OCH3 is 1. The number of nitro benzene ring substituents is 1. The van der Waals surface area contributed by atoms with E-state index in [1.807, 2.05) is 0 Å². The number of nitrogens with one attached hydrogen (secondary N) is 1. The van der Waals surface area contributed by atoms with Crippen molar-refractivity contribution in [3.63, 3.8) is 0 Å². The second kappa shape index (κ2) is 9.33. The third-order valence-corrected chi connectivity index (χ3v) is 4.24. The molecule has 0 radical (unpaired) electrons. The third-order valence-electron chi connectivity index (χ3n) is 4.24. The van der Waals surface area contributed by atoms with Crippen LogP contribution in [0.5, 0.6) is 11.5 Å². The van der Waals surface area contributed by atoms with Crippen LogP contribution in [0, 0.1) is 10.1 Å². The molecule has 3 aromatic carbocycles. The molecular formula is C22H18N2O6. The van der Waals surface area contributed by atoms with Gasteiger partial charge in [0.2, 0.25) is 6.10 Å². The standard InChI is InChI=1S/C22H18N2O6/c1-29-18-9-5-8-17(13-18)23-22(26)21(16-6-3-2-4-7-16)30-20-11-10-15(14-25)12-19(20)24(27)28/h2-14,21H,1H3,(H,23,26)/t21-/m0/s1. The minimum Gasteiger partial charge on any atom is -0.497 e. The van der Waals surface area contributed by atoms with E-state index in [9.17, 15) is 19.7 Å². The van der Waals surface area contributed by atoms with Gasteiger partial charge in [0.05, 0.1) is 12.0 Å². The van der Waals surface area contributed by atoms with E-state index in [2.05, 4.69) is 5.32 Å². The van der Waals surface area contributed by atoms with E-state index in [0.29, 0.717) is 23.3 Å². The maximum Gasteiger partial charge on any atom is 0.311 e. The molecule has 0 unspecified atom stereocenters. The largest absolute Gasteiger partial charge is 0.497 e. The summed E-state index contributed by atoms with van der Waals surface area (Å²) in [7, 11) is 1.51. The Hall–Kier alpha value is -4.20. The Bertz CT molecular complexity index is 1070. The lowest BCUT2D eigenvalue weighted by atomic mass is 10.1. The summed E-state index contributed by atoms with van der Waals surface area (Å²) in [6, 6.07) is 19.2. The summed E-state index contributed by atoms with van der Waals surface area (Å²) < 4.78 is 10.9. The first-order valence-electron chi connectivity index (χ1n) is 8.92. The first kappa shape index (κ1) is 20.5. The van der Waals surface area contributed by atoms with Gasteiger partial charge in [-0.15, -0.1) is 0 Å². The van der Waals surface area contributed by atoms with Crippen molar-refractivity contribution in [2.24, 2.45) is 0 Å². The summed E-state index contributed by atoms with van der Waals surface area (Å²) in [5, 5.41) is 14.2. The fraction of sp³-hybridized carbons (Fsp3) is 0.0909. The zero-order valence-electron chi connectivity index (χ0n) is 16.0. The maximum atomic E-state index is 13.0. The minimum absolute atomic E-state index is 0.125. The van der Waals surface area contributed by atoms with E-state index in [1.165, 1.54) is 19.2 Å². The lowest BCUT2D eigenvalue weighted by molar-refractivity contribution is -0.386. The molecule has 0 aliphatic rings. The lowest BCUT2D eigenvalue weighted by Gasteiger charge is -2.19. The van der Waals surface area contributed by atoms with Crippen LogP contribution < -0.4 is 14.8 Å². The summed E-state index contributed by atoms with van der Waals surface area (Å²) in [5.41, 5.74) is 0.710. The summed E-state index contributed by atoms with van der Waals surface area (Å²) in [5.74, 6) is -0.0893. The van der Waals surface area contributed by atoms with Gasteiger partial charge >= 0.3 is 5.69 Å². The highest BCUT2D eigenvalue weighted by Crippen LogP contribution is 2.32. The zero-order chi connectivity index (χ0) is 21.5.